The Morgan fingerprint density at radius 1 is 1.03 bits per heavy atom. The van der Waals surface area contributed by atoms with Crippen LogP contribution in [0.25, 0.3) is 16.9 Å². The van der Waals surface area contributed by atoms with E-state index in [1.165, 1.54) is 9.13 Å². The van der Waals surface area contributed by atoms with Crippen molar-refractivity contribution in [2.45, 2.75) is 45.2 Å². The number of aryl methyl sites for hydroxylation is 1. The highest BCUT2D eigenvalue weighted by Gasteiger charge is 2.27. The molecule has 1 saturated carbocycles. The minimum absolute atomic E-state index is 0.0952. The van der Waals surface area contributed by atoms with Crippen molar-refractivity contribution in [2.75, 3.05) is 7.11 Å². The molecule has 0 bridgehead atoms. The minimum atomic E-state index is -0.361. The molecule has 2 aromatic heterocycles. The number of methoxy groups -OCH3 is 1. The zero-order valence-corrected chi connectivity index (χ0v) is 18.3. The molecular weight excluding hydrogens is 404 g/mol. The summed E-state index contributed by atoms with van der Waals surface area (Å²) in [4.78, 5) is 31.9. The molecule has 0 amide bonds. The predicted octanol–water partition coefficient (Wildman–Crippen LogP) is 3.83. The molecule has 1 aliphatic carbocycles. The molecule has 2 aromatic carbocycles. The van der Waals surface area contributed by atoms with Crippen molar-refractivity contribution in [1.82, 2.24) is 18.7 Å². The van der Waals surface area contributed by atoms with Crippen molar-refractivity contribution < 1.29 is 4.74 Å². The van der Waals surface area contributed by atoms with Crippen LogP contribution in [-0.2, 0) is 6.54 Å². The molecule has 0 N–H and O–H groups in total. The number of imidazole rings is 1. The lowest BCUT2D eigenvalue weighted by atomic mass is 10.1. The summed E-state index contributed by atoms with van der Waals surface area (Å²) in [5.41, 5.74) is 2.99. The molecule has 2 heterocycles. The highest BCUT2D eigenvalue weighted by Crippen LogP contribution is 2.29. The van der Waals surface area contributed by atoms with E-state index in [1.807, 2.05) is 47.0 Å². The fourth-order valence-corrected chi connectivity index (χ4v) is 4.76. The lowest BCUT2D eigenvalue weighted by Gasteiger charge is -2.18. The summed E-state index contributed by atoms with van der Waals surface area (Å²) in [7, 11) is 1.57. The Morgan fingerprint density at radius 3 is 2.50 bits per heavy atom. The standard InChI is InChI=1S/C25H26N4O3/c1-17-9-3-4-10-18(17)15-27-16-26-23-22(27)24(30)28(19-11-5-6-12-19)25(31)29(23)20-13-7-8-14-21(20)32-2/h3-4,7-10,13-14,16,19H,5-6,11-12,15H2,1-2H3. The van der Waals surface area contributed by atoms with E-state index in [2.05, 4.69) is 18.0 Å². The Bertz CT molecular complexity index is 1410. The Labute approximate surface area is 185 Å². The van der Waals surface area contributed by atoms with Crippen LogP contribution in [0.1, 0.15) is 42.9 Å². The average molecular weight is 431 g/mol. The molecule has 0 unspecified atom stereocenters. The highest BCUT2D eigenvalue weighted by atomic mass is 16.5. The van der Waals surface area contributed by atoms with Crippen LogP contribution >= 0.6 is 0 Å². The van der Waals surface area contributed by atoms with Gasteiger partial charge >= 0.3 is 5.69 Å². The molecular formula is C25H26N4O3. The van der Waals surface area contributed by atoms with Crippen molar-refractivity contribution in [3.05, 3.63) is 86.8 Å². The maximum atomic E-state index is 13.7. The molecule has 32 heavy (non-hydrogen) atoms. The molecule has 0 atom stereocenters. The lowest BCUT2D eigenvalue weighted by molar-refractivity contribution is 0.411. The third kappa shape index (κ3) is 3.25. The van der Waals surface area contributed by atoms with Gasteiger partial charge in [-0.2, -0.15) is 0 Å². The number of ether oxygens (including phenoxy) is 1. The van der Waals surface area contributed by atoms with Crippen molar-refractivity contribution in [2.24, 2.45) is 0 Å². The number of rotatable bonds is 5. The second kappa shape index (κ2) is 8.15. The van der Waals surface area contributed by atoms with Crippen LogP contribution in [0.4, 0.5) is 0 Å². The normalized spacial score (nSPS) is 14.3. The van der Waals surface area contributed by atoms with E-state index < -0.39 is 0 Å². The quantitative estimate of drug-likeness (QED) is 0.483. The maximum Gasteiger partial charge on any atom is 0.337 e. The minimum Gasteiger partial charge on any atom is -0.495 e. The second-order valence-corrected chi connectivity index (χ2v) is 8.37. The zero-order valence-electron chi connectivity index (χ0n) is 18.3. The van der Waals surface area contributed by atoms with E-state index in [-0.39, 0.29) is 17.3 Å². The van der Waals surface area contributed by atoms with Crippen LogP contribution in [0, 0.1) is 6.92 Å². The number of benzene rings is 2. The first-order valence-corrected chi connectivity index (χ1v) is 11.0. The predicted molar refractivity (Wildman–Crippen MR) is 124 cm³/mol. The van der Waals surface area contributed by atoms with Gasteiger partial charge in [0.1, 0.15) is 5.75 Å². The second-order valence-electron chi connectivity index (χ2n) is 8.37. The number of hydrogen-bond donors (Lipinski definition) is 0. The van der Waals surface area contributed by atoms with Crippen molar-refractivity contribution in [3.63, 3.8) is 0 Å². The Hall–Kier alpha value is -3.61. The molecule has 1 aliphatic rings. The van der Waals surface area contributed by atoms with Gasteiger partial charge < -0.3 is 9.30 Å². The van der Waals surface area contributed by atoms with E-state index in [0.717, 1.165) is 36.8 Å². The molecule has 164 valence electrons. The molecule has 7 heteroatoms. The monoisotopic (exact) mass is 430 g/mol. The van der Waals surface area contributed by atoms with Gasteiger partial charge in [-0.05, 0) is 43.0 Å². The Balaban J connectivity index is 1.82. The molecule has 5 rings (SSSR count). The summed E-state index contributed by atoms with van der Waals surface area (Å²) < 4.78 is 10.4. The van der Waals surface area contributed by atoms with Gasteiger partial charge in [0.05, 0.1) is 19.1 Å². The summed E-state index contributed by atoms with van der Waals surface area (Å²) in [5.74, 6) is 0.556. The summed E-state index contributed by atoms with van der Waals surface area (Å²) in [6.07, 6.45) is 5.36. The topological polar surface area (TPSA) is 71.1 Å². The van der Waals surface area contributed by atoms with E-state index in [0.29, 0.717) is 29.1 Å². The SMILES string of the molecule is COc1ccccc1-n1c(=O)n(C2CCCC2)c(=O)c2c1ncn2Cc1ccccc1C. The van der Waals surface area contributed by atoms with Gasteiger partial charge in [0.2, 0.25) is 0 Å². The first kappa shape index (κ1) is 20.3. The highest BCUT2D eigenvalue weighted by molar-refractivity contribution is 5.73. The van der Waals surface area contributed by atoms with Crippen molar-refractivity contribution >= 4 is 11.2 Å². The van der Waals surface area contributed by atoms with Crippen LogP contribution in [0.2, 0.25) is 0 Å². The molecule has 0 spiro atoms. The number of nitrogens with zero attached hydrogens (tertiary/aromatic N) is 4. The fourth-order valence-electron chi connectivity index (χ4n) is 4.76. The van der Waals surface area contributed by atoms with E-state index in [4.69, 9.17) is 4.74 Å². The molecule has 0 radical (unpaired) electrons. The smallest absolute Gasteiger partial charge is 0.337 e. The summed E-state index contributed by atoms with van der Waals surface area (Å²) in [6.45, 7) is 2.56. The average Bonchev–Trinajstić information content (AvgIpc) is 3.47. The van der Waals surface area contributed by atoms with Crippen molar-refractivity contribution in [1.29, 1.82) is 0 Å². The maximum absolute atomic E-state index is 13.7. The number of para-hydroxylation sites is 2. The van der Waals surface area contributed by atoms with Gasteiger partial charge in [-0.25, -0.2) is 14.3 Å². The summed E-state index contributed by atoms with van der Waals surface area (Å²) >= 11 is 0. The van der Waals surface area contributed by atoms with Gasteiger partial charge in [0.15, 0.2) is 11.2 Å². The molecule has 7 nitrogen and oxygen atoms in total. The molecule has 0 saturated heterocycles. The lowest BCUT2D eigenvalue weighted by Crippen LogP contribution is -2.42. The van der Waals surface area contributed by atoms with Gasteiger partial charge in [-0.3, -0.25) is 9.36 Å². The van der Waals surface area contributed by atoms with Gasteiger partial charge in [-0.1, -0.05) is 49.2 Å². The number of fused-ring (bicyclic) bond motifs is 1. The summed E-state index contributed by atoms with van der Waals surface area (Å²) in [5, 5.41) is 0. The Kier molecular flexibility index (Phi) is 5.17. The van der Waals surface area contributed by atoms with E-state index in [9.17, 15) is 9.59 Å². The van der Waals surface area contributed by atoms with Crippen LogP contribution in [0.5, 0.6) is 5.75 Å². The van der Waals surface area contributed by atoms with Crippen LogP contribution < -0.4 is 16.0 Å². The molecule has 4 aromatic rings. The Morgan fingerprint density at radius 2 is 1.75 bits per heavy atom. The third-order valence-corrected chi connectivity index (χ3v) is 6.47. The first-order chi connectivity index (χ1) is 15.6. The number of aromatic nitrogens is 4. The van der Waals surface area contributed by atoms with Gasteiger partial charge in [0.25, 0.3) is 5.56 Å². The van der Waals surface area contributed by atoms with Crippen molar-refractivity contribution in [3.8, 4) is 11.4 Å². The van der Waals surface area contributed by atoms with Crippen LogP contribution in [0.15, 0.2) is 64.4 Å². The van der Waals surface area contributed by atoms with E-state index >= 15 is 0 Å². The third-order valence-electron chi connectivity index (χ3n) is 6.47. The first-order valence-electron chi connectivity index (χ1n) is 11.0. The zero-order chi connectivity index (χ0) is 22.2. The van der Waals surface area contributed by atoms with Crippen LogP contribution in [0.3, 0.4) is 0 Å². The van der Waals surface area contributed by atoms with Gasteiger partial charge in [-0.15, -0.1) is 0 Å². The largest absolute Gasteiger partial charge is 0.495 e. The van der Waals surface area contributed by atoms with Gasteiger partial charge in [0, 0.05) is 12.6 Å². The summed E-state index contributed by atoms with van der Waals surface area (Å²) in [6, 6.07) is 15.3. The molecule has 1 fully saturated rings. The fraction of sp³-hybridized carbons (Fsp3) is 0.320. The number of hydrogen-bond acceptors (Lipinski definition) is 4. The van der Waals surface area contributed by atoms with Crippen LogP contribution in [-0.4, -0.2) is 25.8 Å². The van der Waals surface area contributed by atoms with E-state index in [1.54, 1.807) is 13.4 Å². The molecule has 0 aliphatic heterocycles.